The summed E-state index contributed by atoms with van der Waals surface area (Å²) in [5, 5.41) is 10.5. The number of carbonyl (C=O) groups excluding carboxylic acids is 3. The van der Waals surface area contributed by atoms with Crippen molar-refractivity contribution in [3.8, 4) is 0 Å². The molecule has 1 heterocycles. The molecule has 2 aromatic carbocycles. The van der Waals surface area contributed by atoms with Crippen LogP contribution < -0.4 is 0 Å². The zero-order chi connectivity index (χ0) is 21.2. The molecule has 1 saturated heterocycles. The first-order valence-corrected chi connectivity index (χ1v) is 9.13. The van der Waals surface area contributed by atoms with Crippen LogP contribution in [0, 0.1) is 13.8 Å². The minimum Gasteiger partial charge on any atom is -0.458 e. The van der Waals surface area contributed by atoms with Crippen LogP contribution in [0.2, 0.25) is 0 Å². The number of aliphatic hydroxyl groups is 1. The van der Waals surface area contributed by atoms with Crippen molar-refractivity contribution in [1.82, 2.24) is 0 Å². The van der Waals surface area contributed by atoms with Crippen molar-refractivity contribution in [3.63, 3.8) is 0 Å². The Hall–Kier alpha value is -3.19. The number of carbonyl (C=O) groups is 3. The highest BCUT2D eigenvalue weighted by Crippen LogP contribution is 2.30. The van der Waals surface area contributed by atoms with E-state index in [0.29, 0.717) is 5.56 Å². The third kappa shape index (κ3) is 4.46. The van der Waals surface area contributed by atoms with Crippen LogP contribution >= 0.6 is 0 Å². The van der Waals surface area contributed by atoms with E-state index >= 15 is 0 Å². The maximum atomic E-state index is 12.4. The number of cyclic esters (lactones) is 1. The predicted octanol–water partition coefficient (Wildman–Crippen LogP) is 2.36. The lowest BCUT2D eigenvalue weighted by Gasteiger charge is -2.24. The van der Waals surface area contributed by atoms with Gasteiger partial charge < -0.3 is 19.3 Å². The zero-order valence-corrected chi connectivity index (χ0v) is 16.4. The van der Waals surface area contributed by atoms with E-state index < -0.39 is 35.7 Å². The van der Waals surface area contributed by atoms with E-state index in [-0.39, 0.29) is 12.2 Å². The fourth-order valence-corrected chi connectivity index (χ4v) is 2.91. The number of hydrogen-bond donors (Lipinski definition) is 1. The number of aryl methyl sites for hydroxylation is 2. The molecule has 29 heavy (non-hydrogen) atoms. The summed E-state index contributed by atoms with van der Waals surface area (Å²) in [6, 6.07) is 13.4. The van der Waals surface area contributed by atoms with Gasteiger partial charge in [0.25, 0.3) is 0 Å². The molecule has 0 amide bonds. The molecule has 0 spiro atoms. The summed E-state index contributed by atoms with van der Waals surface area (Å²) < 4.78 is 15.7. The Bertz CT molecular complexity index is 913. The Morgan fingerprint density at radius 3 is 1.97 bits per heavy atom. The van der Waals surface area contributed by atoms with Gasteiger partial charge in [-0.2, -0.15) is 0 Å². The molecule has 0 radical (unpaired) electrons. The number of esters is 3. The lowest BCUT2D eigenvalue weighted by molar-refractivity contribution is -0.155. The molecule has 0 aromatic heterocycles. The maximum Gasteiger partial charge on any atom is 0.342 e. The van der Waals surface area contributed by atoms with E-state index in [0.717, 1.165) is 11.1 Å². The molecule has 3 rings (SSSR count). The van der Waals surface area contributed by atoms with Crippen LogP contribution in [0.25, 0.3) is 0 Å². The van der Waals surface area contributed by atoms with Crippen molar-refractivity contribution in [2.24, 2.45) is 0 Å². The number of hydrogen-bond acceptors (Lipinski definition) is 7. The average Bonchev–Trinajstić information content (AvgIpc) is 2.90. The molecule has 1 aliphatic heterocycles. The lowest BCUT2D eigenvalue weighted by atomic mass is 9.98. The topological polar surface area (TPSA) is 99.1 Å². The largest absolute Gasteiger partial charge is 0.458 e. The van der Waals surface area contributed by atoms with Gasteiger partial charge in [-0.3, -0.25) is 0 Å². The summed E-state index contributed by atoms with van der Waals surface area (Å²) in [6.07, 6.45) is -2.45. The molecular formula is C22H22O7. The summed E-state index contributed by atoms with van der Waals surface area (Å²) in [7, 11) is 0. The summed E-state index contributed by atoms with van der Waals surface area (Å²) in [5.74, 6) is -2.28. The molecule has 152 valence electrons. The van der Waals surface area contributed by atoms with Gasteiger partial charge in [-0.1, -0.05) is 35.4 Å². The van der Waals surface area contributed by atoms with Gasteiger partial charge in [0.1, 0.15) is 6.61 Å². The van der Waals surface area contributed by atoms with Gasteiger partial charge in [-0.15, -0.1) is 0 Å². The van der Waals surface area contributed by atoms with Crippen LogP contribution in [0.5, 0.6) is 0 Å². The molecule has 0 bridgehead atoms. The van der Waals surface area contributed by atoms with Crippen LogP contribution in [0.3, 0.4) is 0 Å². The van der Waals surface area contributed by atoms with E-state index in [9.17, 15) is 19.5 Å². The number of rotatable bonds is 5. The molecule has 1 N–H and O–H groups in total. The van der Waals surface area contributed by atoms with E-state index in [2.05, 4.69) is 0 Å². The second-order valence-corrected chi connectivity index (χ2v) is 7.25. The third-order valence-electron chi connectivity index (χ3n) is 4.75. The van der Waals surface area contributed by atoms with Crippen molar-refractivity contribution in [2.45, 2.75) is 38.6 Å². The molecule has 1 aliphatic rings. The number of benzene rings is 2. The molecule has 0 saturated carbocycles. The zero-order valence-electron chi connectivity index (χ0n) is 16.4. The predicted molar refractivity (Wildman–Crippen MR) is 102 cm³/mol. The molecule has 3 atom stereocenters. The van der Waals surface area contributed by atoms with Gasteiger partial charge >= 0.3 is 17.9 Å². The van der Waals surface area contributed by atoms with Crippen LogP contribution in [0.1, 0.15) is 38.8 Å². The summed E-state index contributed by atoms with van der Waals surface area (Å²) >= 11 is 0. The van der Waals surface area contributed by atoms with E-state index in [1.54, 1.807) is 48.5 Å². The van der Waals surface area contributed by atoms with Crippen molar-refractivity contribution in [3.05, 3.63) is 70.8 Å². The minimum absolute atomic E-state index is 0.265. The Labute approximate surface area is 168 Å². The second kappa shape index (κ2) is 8.05. The maximum absolute atomic E-state index is 12.4. The first-order chi connectivity index (χ1) is 13.7. The average molecular weight is 398 g/mol. The Morgan fingerprint density at radius 1 is 0.966 bits per heavy atom. The Kier molecular flexibility index (Phi) is 5.70. The van der Waals surface area contributed by atoms with E-state index in [1.807, 2.05) is 13.8 Å². The van der Waals surface area contributed by atoms with Crippen LogP contribution in [0.4, 0.5) is 0 Å². The van der Waals surface area contributed by atoms with E-state index in [1.165, 1.54) is 6.92 Å². The van der Waals surface area contributed by atoms with Gasteiger partial charge in [0, 0.05) is 0 Å². The summed E-state index contributed by atoms with van der Waals surface area (Å²) in [4.78, 5) is 36.7. The summed E-state index contributed by atoms with van der Waals surface area (Å²) in [5.41, 5.74) is 0.502. The fraction of sp³-hybridized carbons (Fsp3) is 0.318. The monoisotopic (exact) mass is 398 g/mol. The molecule has 1 fully saturated rings. The van der Waals surface area contributed by atoms with E-state index in [4.69, 9.17) is 14.2 Å². The highest BCUT2D eigenvalue weighted by atomic mass is 16.6. The van der Waals surface area contributed by atoms with Crippen LogP contribution in [-0.4, -0.2) is 47.4 Å². The first-order valence-electron chi connectivity index (χ1n) is 9.13. The smallest absolute Gasteiger partial charge is 0.342 e. The fourth-order valence-electron chi connectivity index (χ4n) is 2.91. The molecule has 2 aromatic rings. The number of ether oxygens (including phenoxy) is 3. The molecule has 0 aliphatic carbocycles. The standard InChI is InChI=1S/C22H22O7/c1-13-4-8-15(9-5-13)19(23)27-12-17-18(22(3,26)21(25)28-17)29-20(24)16-10-6-14(2)7-11-16/h4-11,17-18,26H,12H2,1-3H3/t17?,18-,22+/m1/s1. The third-order valence-corrected chi connectivity index (χ3v) is 4.75. The van der Waals surface area contributed by atoms with Crippen molar-refractivity contribution in [1.29, 1.82) is 0 Å². The van der Waals surface area contributed by atoms with Crippen molar-refractivity contribution < 1.29 is 33.7 Å². The van der Waals surface area contributed by atoms with Gasteiger partial charge in [-0.05, 0) is 45.0 Å². The van der Waals surface area contributed by atoms with Gasteiger partial charge in [0.2, 0.25) is 0 Å². The highest BCUT2D eigenvalue weighted by molar-refractivity contribution is 5.91. The van der Waals surface area contributed by atoms with Crippen LogP contribution in [-0.2, 0) is 19.0 Å². The summed E-state index contributed by atoms with van der Waals surface area (Å²) in [6.45, 7) is 4.61. The Balaban J connectivity index is 1.70. The second-order valence-electron chi connectivity index (χ2n) is 7.25. The van der Waals surface area contributed by atoms with Crippen molar-refractivity contribution >= 4 is 17.9 Å². The van der Waals surface area contributed by atoms with Gasteiger partial charge in [0.05, 0.1) is 11.1 Å². The first kappa shape index (κ1) is 20.5. The molecule has 1 unspecified atom stereocenters. The molecule has 7 heteroatoms. The molecular weight excluding hydrogens is 376 g/mol. The van der Waals surface area contributed by atoms with Crippen molar-refractivity contribution in [2.75, 3.05) is 6.61 Å². The molecule has 7 nitrogen and oxygen atoms in total. The van der Waals surface area contributed by atoms with Gasteiger partial charge in [0.15, 0.2) is 17.8 Å². The van der Waals surface area contributed by atoms with Gasteiger partial charge in [-0.25, -0.2) is 14.4 Å². The lowest BCUT2D eigenvalue weighted by Crippen LogP contribution is -2.47. The SMILES string of the molecule is Cc1ccc(C(=O)OCC2OC(=O)[C@@](C)(O)[C@@H]2OC(=O)c2ccc(C)cc2)cc1. The quantitative estimate of drug-likeness (QED) is 0.610. The van der Waals surface area contributed by atoms with Crippen LogP contribution in [0.15, 0.2) is 48.5 Å². The normalized spacial score (nSPS) is 23.4. The highest BCUT2D eigenvalue weighted by Gasteiger charge is 2.56. The Morgan fingerprint density at radius 2 is 1.45 bits per heavy atom. The minimum atomic E-state index is -2.05.